The molecule has 0 aromatic rings. The Kier molecular flexibility index (Phi) is 9.39. The molecule has 0 heterocycles. The quantitative estimate of drug-likeness (QED) is 0.385. The first-order valence-corrected chi connectivity index (χ1v) is 7.67. The SMILES string of the molecule is BC(CC(C)C(S)CC)ON(O)C(CC)C(C)C. The van der Waals surface area contributed by atoms with Crippen LogP contribution >= 0.6 is 12.6 Å². The molecule has 18 heavy (non-hydrogen) atoms. The maximum atomic E-state index is 9.95. The summed E-state index contributed by atoms with van der Waals surface area (Å²) in [6.45, 7) is 10.6. The van der Waals surface area contributed by atoms with Crippen molar-refractivity contribution in [2.45, 2.75) is 71.2 Å². The van der Waals surface area contributed by atoms with Gasteiger partial charge in [-0.3, -0.25) is 10.0 Å². The number of nitrogens with zero attached hydrogens (tertiary/aromatic N) is 1. The van der Waals surface area contributed by atoms with Crippen molar-refractivity contribution in [2.24, 2.45) is 11.8 Å². The predicted molar refractivity (Wildman–Crippen MR) is 82.8 cm³/mol. The first kappa shape index (κ1) is 18.3. The molecule has 1 N–H and O–H groups in total. The molecule has 0 aliphatic carbocycles. The highest BCUT2D eigenvalue weighted by Gasteiger charge is 2.23. The summed E-state index contributed by atoms with van der Waals surface area (Å²) in [5.74, 6) is 0.860. The van der Waals surface area contributed by atoms with E-state index in [9.17, 15) is 5.21 Å². The van der Waals surface area contributed by atoms with Gasteiger partial charge in [0, 0.05) is 11.3 Å². The van der Waals surface area contributed by atoms with Gasteiger partial charge in [-0.1, -0.05) is 39.8 Å². The molecule has 0 aromatic carbocycles. The fourth-order valence-electron chi connectivity index (χ4n) is 2.27. The Balaban J connectivity index is 4.18. The summed E-state index contributed by atoms with van der Waals surface area (Å²) in [5.41, 5.74) is 0. The van der Waals surface area contributed by atoms with Crippen molar-refractivity contribution < 1.29 is 10.0 Å². The second-order valence-electron chi connectivity index (χ2n) is 5.63. The molecule has 0 saturated heterocycles. The molecule has 0 spiro atoms. The third kappa shape index (κ3) is 6.46. The minimum absolute atomic E-state index is 0.0130. The van der Waals surface area contributed by atoms with Gasteiger partial charge in [-0.2, -0.15) is 12.6 Å². The van der Waals surface area contributed by atoms with Crippen molar-refractivity contribution in [3.05, 3.63) is 0 Å². The van der Waals surface area contributed by atoms with Gasteiger partial charge in [0.1, 0.15) is 7.85 Å². The number of hydroxylamine groups is 2. The third-order valence-electron chi connectivity index (χ3n) is 3.54. The molecule has 0 rings (SSSR count). The molecular formula is C13H30BNO2S. The van der Waals surface area contributed by atoms with Crippen LogP contribution in [-0.4, -0.2) is 35.6 Å². The van der Waals surface area contributed by atoms with Crippen LogP contribution in [0.15, 0.2) is 0 Å². The second kappa shape index (κ2) is 9.24. The Bertz CT molecular complexity index is 219. The van der Waals surface area contributed by atoms with Gasteiger partial charge in [0.2, 0.25) is 0 Å². The molecule has 0 bridgehead atoms. The van der Waals surface area contributed by atoms with Crippen molar-refractivity contribution >= 4 is 20.5 Å². The molecule has 0 aliphatic rings. The maximum Gasteiger partial charge on any atom is 0.142 e. The highest BCUT2D eigenvalue weighted by molar-refractivity contribution is 7.81. The molecule has 5 heteroatoms. The average Bonchev–Trinajstić information content (AvgIpc) is 2.27. The van der Waals surface area contributed by atoms with E-state index in [2.05, 4.69) is 47.2 Å². The van der Waals surface area contributed by atoms with Crippen molar-refractivity contribution in [1.82, 2.24) is 5.23 Å². The van der Waals surface area contributed by atoms with Gasteiger partial charge in [0.05, 0.1) is 6.04 Å². The van der Waals surface area contributed by atoms with Crippen LogP contribution in [0.3, 0.4) is 0 Å². The van der Waals surface area contributed by atoms with Crippen LogP contribution in [-0.2, 0) is 4.84 Å². The Hall–Kier alpha value is 0.295. The number of hydrogen-bond donors (Lipinski definition) is 2. The molecule has 3 nitrogen and oxygen atoms in total. The lowest BCUT2D eigenvalue weighted by Gasteiger charge is -2.31. The van der Waals surface area contributed by atoms with Gasteiger partial charge >= 0.3 is 0 Å². The Morgan fingerprint density at radius 3 is 2.17 bits per heavy atom. The van der Waals surface area contributed by atoms with E-state index in [1.54, 1.807) is 0 Å². The topological polar surface area (TPSA) is 32.7 Å². The Morgan fingerprint density at radius 2 is 1.78 bits per heavy atom. The lowest BCUT2D eigenvalue weighted by molar-refractivity contribution is -0.376. The van der Waals surface area contributed by atoms with Crippen molar-refractivity contribution in [2.75, 3.05) is 0 Å². The van der Waals surface area contributed by atoms with E-state index in [1.165, 1.54) is 0 Å². The van der Waals surface area contributed by atoms with E-state index in [-0.39, 0.29) is 12.0 Å². The summed E-state index contributed by atoms with van der Waals surface area (Å²) in [6.07, 6.45) is 2.84. The fraction of sp³-hybridized carbons (Fsp3) is 1.00. The van der Waals surface area contributed by atoms with Crippen LogP contribution < -0.4 is 0 Å². The zero-order valence-electron chi connectivity index (χ0n) is 12.8. The van der Waals surface area contributed by atoms with E-state index in [1.807, 2.05) is 7.85 Å². The van der Waals surface area contributed by atoms with Crippen LogP contribution in [0.25, 0.3) is 0 Å². The molecular weight excluding hydrogens is 245 g/mol. The Morgan fingerprint density at radius 1 is 1.22 bits per heavy atom. The molecule has 0 saturated carbocycles. The van der Waals surface area contributed by atoms with E-state index in [4.69, 9.17) is 4.84 Å². The lowest BCUT2D eigenvalue weighted by Crippen LogP contribution is -2.39. The molecule has 0 amide bonds. The predicted octanol–water partition coefficient (Wildman–Crippen LogP) is 2.74. The molecule has 0 aliphatic heterocycles. The third-order valence-corrected chi connectivity index (χ3v) is 4.41. The first-order chi connectivity index (χ1) is 8.33. The summed E-state index contributed by atoms with van der Waals surface area (Å²) in [5, 5.41) is 11.4. The van der Waals surface area contributed by atoms with Crippen LogP contribution in [0.2, 0.25) is 0 Å². The monoisotopic (exact) mass is 275 g/mol. The maximum absolute atomic E-state index is 9.95. The van der Waals surface area contributed by atoms with E-state index in [0.29, 0.717) is 17.1 Å². The average molecular weight is 275 g/mol. The molecule has 0 radical (unpaired) electrons. The summed E-state index contributed by atoms with van der Waals surface area (Å²) in [4.78, 5) is 5.58. The lowest BCUT2D eigenvalue weighted by atomic mass is 9.88. The highest BCUT2D eigenvalue weighted by atomic mass is 32.1. The minimum Gasteiger partial charge on any atom is -0.289 e. The summed E-state index contributed by atoms with van der Waals surface area (Å²) in [7, 11) is 2.00. The van der Waals surface area contributed by atoms with E-state index < -0.39 is 0 Å². The van der Waals surface area contributed by atoms with Crippen LogP contribution in [0.5, 0.6) is 0 Å². The van der Waals surface area contributed by atoms with Crippen molar-refractivity contribution in [3.63, 3.8) is 0 Å². The van der Waals surface area contributed by atoms with Gasteiger partial charge in [-0.15, -0.1) is 0 Å². The molecule has 4 unspecified atom stereocenters. The van der Waals surface area contributed by atoms with Gasteiger partial charge in [-0.05, 0) is 31.1 Å². The number of thiol groups is 1. The second-order valence-corrected chi connectivity index (χ2v) is 6.29. The van der Waals surface area contributed by atoms with Crippen LogP contribution in [0.4, 0.5) is 0 Å². The van der Waals surface area contributed by atoms with Gasteiger partial charge in [0.25, 0.3) is 0 Å². The van der Waals surface area contributed by atoms with Gasteiger partial charge in [0.15, 0.2) is 0 Å². The zero-order chi connectivity index (χ0) is 14.3. The highest BCUT2D eigenvalue weighted by Crippen LogP contribution is 2.20. The van der Waals surface area contributed by atoms with Gasteiger partial charge in [-0.25, -0.2) is 0 Å². The molecule has 0 fully saturated rings. The largest absolute Gasteiger partial charge is 0.289 e. The fourth-order valence-corrected chi connectivity index (χ4v) is 2.39. The standard InChI is InChI=1S/C13H30BNO2S/c1-6-11(9(3)4)15(16)17-13(14)8-10(5)12(18)7-2/h9-13,16,18H,6-8,14H2,1-5H3. The van der Waals surface area contributed by atoms with Crippen molar-refractivity contribution in [1.29, 1.82) is 0 Å². The molecule has 4 atom stereocenters. The van der Waals surface area contributed by atoms with Gasteiger partial charge < -0.3 is 0 Å². The van der Waals surface area contributed by atoms with Crippen LogP contribution in [0.1, 0.15) is 53.9 Å². The number of hydrogen-bond acceptors (Lipinski definition) is 4. The zero-order valence-corrected chi connectivity index (χ0v) is 13.7. The van der Waals surface area contributed by atoms with Crippen molar-refractivity contribution in [3.8, 4) is 0 Å². The first-order valence-electron chi connectivity index (χ1n) is 7.16. The Labute approximate surface area is 119 Å². The number of rotatable bonds is 9. The van der Waals surface area contributed by atoms with E-state index in [0.717, 1.165) is 24.5 Å². The van der Waals surface area contributed by atoms with E-state index >= 15 is 0 Å². The summed E-state index contributed by atoms with van der Waals surface area (Å²) >= 11 is 4.55. The molecule has 108 valence electrons. The summed E-state index contributed by atoms with van der Waals surface area (Å²) < 4.78 is 0. The minimum atomic E-state index is 0.0130. The summed E-state index contributed by atoms with van der Waals surface area (Å²) in [6, 6.07) is 0.0692. The normalized spacial score (nSPS) is 18.9. The molecule has 0 aromatic heterocycles. The van der Waals surface area contributed by atoms with Crippen LogP contribution in [0, 0.1) is 11.8 Å². The smallest absolute Gasteiger partial charge is 0.142 e.